The van der Waals surface area contributed by atoms with Crippen molar-refractivity contribution in [3.05, 3.63) is 142 Å². The third-order valence-corrected chi connectivity index (χ3v) is 6.75. The van der Waals surface area contributed by atoms with E-state index in [-0.39, 0.29) is 0 Å². The molecule has 41 heavy (non-hydrogen) atoms. The summed E-state index contributed by atoms with van der Waals surface area (Å²) in [5.41, 5.74) is 5.13. The Morgan fingerprint density at radius 1 is 0.683 bits per heavy atom. The normalized spacial score (nSPS) is 10.2. The van der Waals surface area contributed by atoms with Gasteiger partial charge >= 0.3 is 0 Å². The van der Waals surface area contributed by atoms with E-state index in [2.05, 4.69) is 118 Å². The number of hydrogen-bond acceptors (Lipinski definition) is 4. The maximum atomic E-state index is 11.4. The zero-order valence-corrected chi connectivity index (χ0v) is 25.9. The van der Waals surface area contributed by atoms with Crippen molar-refractivity contribution in [3.8, 4) is 0 Å². The molecule has 0 aromatic heterocycles. The molecule has 1 amide bonds. The molecule has 5 nitrogen and oxygen atoms in total. The van der Waals surface area contributed by atoms with Gasteiger partial charge in [-0.05, 0) is 48.7 Å². The van der Waals surface area contributed by atoms with Crippen LogP contribution in [0.2, 0.25) is 0 Å². The van der Waals surface area contributed by atoms with E-state index < -0.39 is 0 Å². The molecule has 0 saturated heterocycles. The highest BCUT2D eigenvalue weighted by Gasteiger charge is 2.07. The molecular formula is C35H44BrN3O2. The van der Waals surface area contributed by atoms with Crippen LogP contribution in [-0.2, 0) is 24.4 Å². The second-order valence-electron chi connectivity index (χ2n) is 9.65. The molecule has 4 rings (SSSR count). The first-order valence-electron chi connectivity index (χ1n) is 14.0. The molecule has 0 fully saturated rings. The van der Waals surface area contributed by atoms with Crippen LogP contribution >= 0.6 is 15.9 Å². The minimum absolute atomic E-state index is 0.661. The second-order valence-corrected chi connectivity index (χ2v) is 10.6. The third kappa shape index (κ3) is 15.3. The number of amides is 1. The van der Waals surface area contributed by atoms with Crippen LogP contribution in [0.4, 0.5) is 0 Å². The molecule has 0 aliphatic carbocycles. The van der Waals surface area contributed by atoms with Gasteiger partial charge in [0.25, 0.3) is 0 Å². The zero-order chi connectivity index (χ0) is 29.5. The van der Waals surface area contributed by atoms with E-state index in [1.54, 1.807) is 0 Å². The largest absolute Gasteiger partial charge is 0.400 e. The number of halogens is 1. The summed E-state index contributed by atoms with van der Waals surface area (Å²) in [7, 11) is 1.00. The first-order valence-corrected chi connectivity index (χ1v) is 14.8. The van der Waals surface area contributed by atoms with Crippen molar-refractivity contribution in [3.63, 3.8) is 0 Å². The van der Waals surface area contributed by atoms with E-state index in [0.29, 0.717) is 6.54 Å². The summed E-state index contributed by atoms with van der Waals surface area (Å²) in [4.78, 5) is 15.7. The summed E-state index contributed by atoms with van der Waals surface area (Å²) in [6, 6.07) is 39.6. The molecule has 218 valence electrons. The second kappa shape index (κ2) is 21.5. The number of nitrogens with zero attached hydrogens (tertiary/aromatic N) is 2. The van der Waals surface area contributed by atoms with Gasteiger partial charge in [0.15, 0.2) is 0 Å². The predicted molar refractivity (Wildman–Crippen MR) is 174 cm³/mol. The summed E-state index contributed by atoms with van der Waals surface area (Å²) in [6.07, 6.45) is 2.01. The molecule has 0 spiro atoms. The van der Waals surface area contributed by atoms with Crippen LogP contribution in [0.3, 0.4) is 0 Å². The first kappa shape index (κ1) is 33.9. The predicted octanol–water partition coefficient (Wildman–Crippen LogP) is 6.69. The standard InChI is InChI=1S/C27H33N3O.C7H7Br.CH4O/c31-24-30(23-27-15-8-3-9-16-27)20-18-28-17-10-19-29(21-25-11-4-1-5-12-25)22-26-13-6-2-7-14-26;1-6-3-2-4-7(8)5-6;1-2/h1-9,11-16,24,28H,10,17-23H2;2-5H,1H3;2H,1H3. The average Bonchev–Trinajstić information content (AvgIpc) is 3.01. The van der Waals surface area contributed by atoms with Gasteiger partial charge in [-0.3, -0.25) is 9.69 Å². The van der Waals surface area contributed by atoms with Gasteiger partial charge in [-0.25, -0.2) is 0 Å². The van der Waals surface area contributed by atoms with Gasteiger partial charge in [0.2, 0.25) is 6.41 Å². The molecule has 2 N–H and O–H groups in total. The lowest BCUT2D eigenvalue weighted by molar-refractivity contribution is -0.118. The summed E-state index contributed by atoms with van der Waals surface area (Å²) >= 11 is 3.36. The van der Waals surface area contributed by atoms with Crippen molar-refractivity contribution in [2.45, 2.75) is 33.0 Å². The number of aryl methyl sites for hydroxylation is 1. The lowest BCUT2D eigenvalue weighted by Gasteiger charge is -2.23. The fraction of sp³-hybridized carbons (Fsp3) is 0.286. The molecule has 4 aromatic rings. The van der Waals surface area contributed by atoms with E-state index in [9.17, 15) is 4.79 Å². The van der Waals surface area contributed by atoms with Gasteiger partial charge in [-0.1, -0.05) is 125 Å². The van der Waals surface area contributed by atoms with Crippen molar-refractivity contribution in [1.82, 2.24) is 15.1 Å². The van der Waals surface area contributed by atoms with Crippen molar-refractivity contribution in [2.24, 2.45) is 0 Å². The lowest BCUT2D eigenvalue weighted by atomic mass is 10.1. The lowest BCUT2D eigenvalue weighted by Crippen LogP contribution is -2.32. The molecule has 0 radical (unpaired) electrons. The first-order chi connectivity index (χ1) is 20.1. The van der Waals surface area contributed by atoms with Gasteiger partial charge in [0, 0.05) is 50.9 Å². The molecule has 0 unspecified atom stereocenters. The molecule has 0 aliphatic rings. The van der Waals surface area contributed by atoms with Crippen LogP contribution in [0, 0.1) is 6.92 Å². The van der Waals surface area contributed by atoms with Crippen molar-refractivity contribution in [1.29, 1.82) is 0 Å². The molecule has 6 heteroatoms. The number of benzene rings is 4. The molecule has 0 atom stereocenters. The van der Waals surface area contributed by atoms with Crippen LogP contribution in [-0.4, -0.2) is 54.6 Å². The van der Waals surface area contributed by atoms with Gasteiger partial charge in [0.05, 0.1) is 0 Å². The molecular weight excluding hydrogens is 574 g/mol. The maximum absolute atomic E-state index is 11.4. The molecule has 4 aromatic carbocycles. The maximum Gasteiger partial charge on any atom is 0.210 e. The number of aliphatic hydroxyl groups is 1. The smallest absolute Gasteiger partial charge is 0.210 e. The summed E-state index contributed by atoms with van der Waals surface area (Å²) in [5, 5.41) is 10.5. The average molecular weight is 619 g/mol. The number of rotatable bonds is 14. The SMILES string of the molecule is CO.Cc1cccc(Br)c1.O=CN(CCNCCCN(Cc1ccccc1)Cc1ccccc1)Cc1ccccc1. The zero-order valence-electron chi connectivity index (χ0n) is 24.3. The van der Waals surface area contributed by atoms with Gasteiger partial charge in [-0.15, -0.1) is 0 Å². The van der Waals surface area contributed by atoms with Crippen LogP contribution in [0.15, 0.2) is 120 Å². The molecule has 0 aliphatic heterocycles. The van der Waals surface area contributed by atoms with E-state index in [0.717, 1.165) is 69.2 Å². The Morgan fingerprint density at radius 2 is 1.20 bits per heavy atom. The number of nitrogens with one attached hydrogen (secondary N) is 1. The minimum Gasteiger partial charge on any atom is -0.400 e. The van der Waals surface area contributed by atoms with Crippen molar-refractivity contribution >= 4 is 22.3 Å². The highest BCUT2D eigenvalue weighted by Crippen LogP contribution is 2.11. The van der Waals surface area contributed by atoms with Crippen molar-refractivity contribution < 1.29 is 9.90 Å². The van der Waals surface area contributed by atoms with Crippen molar-refractivity contribution in [2.75, 3.05) is 33.3 Å². The van der Waals surface area contributed by atoms with Gasteiger partial charge in [0.1, 0.15) is 0 Å². The summed E-state index contributed by atoms with van der Waals surface area (Å²) in [5.74, 6) is 0. The Morgan fingerprint density at radius 3 is 1.63 bits per heavy atom. The quantitative estimate of drug-likeness (QED) is 0.122. The third-order valence-electron chi connectivity index (χ3n) is 6.26. The molecule has 0 heterocycles. The van der Waals surface area contributed by atoms with Crippen LogP contribution < -0.4 is 5.32 Å². The minimum atomic E-state index is 0.661. The summed E-state index contributed by atoms with van der Waals surface area (Å²) < 4.78 is 1.15. The van der Waals surface area contributed by atoms with Crippen LogP contribution in [0.5, 0.6) is 0 Å². The molecule has 0 saturated carbocycles. The highest BCUT2D eigenvalue weighted by atomic mass is 79.9. The Labute approximate surface area is 255 Å². The van der Waals surface area contributed by atoms with E-state index >= 15 is 0 Å². The Hall–Kier alpha value is -3.29. The Kier molecular flexibility index (Phi) is 17.7. The topological polar surface area (TPSA) is 55.8 Å². The van der Waals surface area contributed by atoms with E-state index in [1.165, 1.54) is 16.7 Å². The number of aliphatic hydroxyl groups excluding tert-OH is 1. The number of hydrogen-bond donors (Lipinski definition) is 2. The van der Waals surface area contributed by atoms with E-state index in [4.69, 9.17) is 5.11 Å². The number of carbonyl (C=O) groups excluding carboxylic acids is 1. The monoisotopic (exact) mass is 617 g/mol. The van der Waals surface area contributed by atoms with Gasteiger partial charge < -0.3 is 15.3 Å². The Bertz CT molecular complexity index is 1130. The number of carbonyl (C=O) groups is 1. The van der Waals surface area contributed by atoms with Crippen LogP contribution in [0.1, 0.15) is 28.7 Å². The Balaban J connectivity index is 0.000000500. The van der Waals surface area contributed by atoms with E-state index in [1.807, 2.05) is 35.2 Å². The highest BCUT2D eigenvalue weighted by molar-refractivity contribution is 9.10. The van der Waals surface area contributed by atoms with Gasteiger partial charge in [-0.2, -0.15) is 0 Å². The fourth-order valence-electron chi connectivity index (χ4n) is 4.27. The fourth-order valence-corrected chi connectivity index (χ4v) is 4.78. The van der Waals surface area contributed by atoms with Crippen LogP contribution in [0.25, 0.3) is 0 Å². The molecule has 0 bridgehead atoms. The summed E-state index contributed by atoms with van der Waals surface area (Å²) in [6.45, 7) is 8.13.